The van der Waals surface area contributed by atoms with Gasteiger partial charge in [-0.3, -0.25) is 9.36 Å². The predicted molar refractivity (Wildman–Crippen MR) is 112 cm³/mol. The van der Waals surface area contributed by atoms with E-state index in [9.17, 15) is 4.79 Å². The molecule has 27 heavy (non-hydrogen) atoms. The standard InChI is InChI=1S/C19H15Cl2NO3S2/c20-11-3-4-14(21)13(8-11)15-5-6-16(25-15)17-9-18(23)22(19(26)27-17)10-12-2-1-7-24-12/h3-6,8-9,12H,1-2,7,10H2. The molecule has 1 fully saturated rings. The molecule has 1 unspecified atom stereocenters. The SMILES string of the molecule is O=c1cc(-c2ccc(-c3cc(Cl)ccc3Cl)o2)sc(=S)n1CC1CCCO1. The van der Waals surface area contributed by atoms with Crippen molar-refractivity contribution in [3.8, 4) is 22.0 Å². The lowest BCUT2D eigenvalue weighted by atomic mass is 10.2. The lowest BCUT2D eigenvalue weighted by Crippen LogP contribution is -2.25. The maximum atomic E-state index is 12.6. The molecule has 1 atom stereocenters. The first kappa shape index (κ1) is 18.9. The fourth-order valence-corrected chi connectivity index (χ4v) is 4.69. The third-order valence-corrected chi connectivity index (χ3v) is 6.36. The molecule has 0 spiro atoms. The van der Waals surface area contributed by atoms with Crippen molar-refractivity contribution >= 4 is 46.8 Å². The first-order valence-corrected chi connectivity index (χ1v) is 10.4. The Labute approximate surface area is 174 Å². The Morgan fingerprint density at radius 1 is 1.19 bits per heavy atom. The Hall–Kier alpha value is -1.44. The second kappa shape index (κ2) is 7.89. The quantitative estimate of drug-likeness (QED) is 0.463. The van der Waals surface area contributed by atoms with Gasteiger partial charge < -0.3 is 9.15 Å². The molecular formula is C19H15Cl2NO3S2. The molecule has 0 saturated carbocycles. The summed E-state index contributed by atoms with van der Waals surface area (Å²) < 4.78 is 13.6. The van der Waals surface area contributed by atoms with Crippen LogP contribution in [0.25, 0.3) is 22.0 Å². The molecule has 140 valence electrons. The third kappa shape index (κ3) is 4.05. The van der Waals surface area contributed by atoms with Crippen molar-refractivity contribution in [3.63, 3.8) is 0 Å². The molecule has 4 rings (SSSR count). The minimum Gasteiger partial charge on any atom is -0.455 e. The number of hydrogen-bond donors (Lipinski definition) is 0. The zero-order valence-corrected chi connectivity index (χ0v) is 17.3. The van der Waals surface area contributed by atoms with E-state index in [0.29, 0.717) is 42.5 Å². The van der Waals surface area contributed by atoms with Gasteiger partial charge in [-0.05, 0) is 55.4 Å². The van der Waals surface area contributed by atoms with Gasteiger partial charge in [0.25, 0.3) is 5.56 Å². The number of rotatable bonds is 4. The minimum atomic E-state index is -0.150. The van der Waals surface area contributed by atoms with Crippen molar-refractivity contribution in [3.05, 3.63) is 60.8 Å². The molecule has 2 aromatic heterocycles. The fourth-order valence-electron chi connectivity index (χ4n) is 3.04. The van der Waals surface area contributed by atoms with E-state index >= 15 is 0 Å². The van der Waals surface area contributed by atoms with Crippen molar-refractivity contribution in [2.45, 2.75) is 25.5 Å². The summed E-state index contributed by atoms with van der Waals surface area (Å²) >= 11 is 19.1. The van der Waals surface area contributed by atoms with Gasteiger partial charge in [0.2, 0.25) is 0 Å². The summed E-state index contributed by atoms with van der Waals surface area (Å²) in [6, 6.07) is 10.3. The highest BCUT2D eigenvalue weighted by molar-refractivity contribution is 7.73. The summed E-state index contributed by atoms with van der Waals surface area (Å²) in [6.07, 6.45) is 2.03. The summed E-state index contributed by atoms with van der Waals surface area (Å²) in [6.45, 7) is 1.24. The van der Waals surface area contributed by atoms with Crippen LogP contribution in [0.1, 0.15) is 12.8 Å². The highest BCUT2D eigenvalue weighted by atomic mass is 35.5. The number of nitrogens with zero attached hydrogens (tertiary/aromatic N) is 1. The third-order valence-electron chi connectivity index (χ3n) is 4.39. The smallest absolute Gasteiger partial charge is 0.253 e. The molecule has 1 aliphatic heterocycles. The molecule has 1 saturated heterocycles. The molecular weight excluding hydrogens is 425 g/mol. The highest BCUT2D eigenvalue weighted by Gasteiger charge is 2.18. The normalized spacial score (nSPS) is 16.7. The summed E-state index contributed by atoms with van der Waals surface area (Å²) in [7, 11) is 0. The Kier molecular flexibility index (Phi) is 5.53. The number of halogens is 2. The van der Waals surface area contributed by atoms with Crippen LogP contribution in [0, 0.1) is 3.95 Å². The molecule has 4 nitrogen and oxygen atoms in total. The Morgan fingerprint density at radius 2 is 2.00 bits per heavy atom. The van der Waals surface area contributed by atoms with Crippen molar-refractivity contribution in [1.82, 2.24) is 4.57 Å². The lowest BCUT2D eigenvalue weighted by molar-refractivity contribution is 0.0961. The molecule has 0 bridgehead atoms. The number of ether oxygens (including phenoxy) is 1. The van der Waals surface area contributed by atoms with Crippen LogP contribution in [0.15, 0.2) is 45.6 Å². The minimum absolute atomic E-state index is 0.0580. The van der Waals surface area contributed by atoms with Crippen molar-refractivity contribution < 1.29 is 9.15 Å². The van der Waals surface area contributed by atoms with E-state index in [0.717, 1.165) is 19.4 Å². The van der Waals surface area contributed by atoms with Crippen LogP contribution in [0.4, 0.5) is 0 Å². The molecule has 1 aliphatic rings. The molecule has 3 aromatic rings. The van der Waals surface area contributed by atoms with Crippen LogP contribution in [0.3, 0.4) is 0 Å². The van der Waals surface area contributed by atoms with Gasteiger partial charge in [0.15, 0.2) is 3.95 Å². The summed E-state index contributed by atoms with van der Waals surface area (Å²) in [5.74, 6) is 1.15. The molecule has 1 aromatic carbocycles. The van der Waals surface area contributed by atoms with Crippen LogP contribution in [0.2, 0.25) is 10.0 Å². The second-order valence-corrected chi connectivity index (χ2v) is 8.77. The van der Waals surface area contributed by atoms with Gasteiger partial charge in [-0.2, -0.15) is 0 Å². The Morgan fingerprint density at radius 3 is 2.74 bits per heavy atom. The van der Waals surface area contributed by atoms with Gasteiger partial charge in [0.05, 0.1) is 22.5 Å². The predicted octanol–water partition coefficient (Wildman–Crippen LogP) is 6.05. The summed E-state index contributed by atoms with van der Waals surface area (Å²) in [5.41, 5.74) is 0.550. The Balaban J connectivity index is 1.66. The van der Waals surface area contributed by atoms with Crippen molar-refractivity contribution in [1.29, 1.82) is 0 Å². The van der Waals surface area contributed by atoms with Crippen LogP contribution in [0.5, 0.6) is 0 Å². The zero-order valence-electron chi connectivity index (χ0n) is 14.1. The van der Waals surface area contributed by atoms with E-state index in [1.54, 1.807) is 41.0 Å². The van der Waals surface area contributed by atoms with Gasteiger partial charge in [0.1, 0.15) is 11.5 Å². The number of aromatic nitrogens is 1. The van der Waals surface area contributed by atoms with Gasteiger partial charge >= 0.3 is 0 Å². The van der Waals surface area contributed by atoms with Crippen LogP contribution in [-0.4, -0.2) is 17.3 Å². The van der Waals surface area contributed by atoms with Gasteiger partial charge in [-0.15, -0.1) is 11.3 Å². The highest BCUT2D eigenvalue weighted by Crippen LogP contribution is 2.35. The first-order valence-electron chi connectivity index (χ1n) is 8.43. The van der Waals surface area contributed by atoms with Crippen LogP contribution < -0.4 is 5.56 Å². The van der Waals surface area contributed by atoms with Gasteiger partial charge in [0, 0.05) is 23.3 Å². The summed E-state index contributed by atoms with van der Waals surface area (Å²) in [5, 5.41) is 1.11. The molecule has 0 aliphatic carbocycles. The average Bonchev–Trinajstić information content (AvgIpc) is 3.32. The largest absolute Gasteiger partial charge is 0.455 e. The molecule has 0 N–H and O–H groups in total. The van der Waals surface area contributed by atoms with E-state index in [1.807, 2.05) is 0 Å². The lowest BCUT2D eigenvalue weighted by Gasteiger charge is -2.11. The molecule has 0 radical (unpaired) electrons. The van der Waals surface area contributed by atoms with Gasteiger partial charge in [-0.25, -0.2) is 0 Å². The average molecular weight is 440 g/mol. The maximum Gasteiger partial charge on any atom is 0.253 e. The van der Waals surface area contributed by atoms with E-state index < -0.39 is 0 Å². The zero-order chi connectivity index (χ0) is 19.0. The van der Waals surface area contributed by atoms with Crippen LogP contribution in [-0.2, 0) is 11.3 Å². The van der Waals surface area contributed by atoms with Gasteiger partial charge in [-0.1, -0.05) is 23.2 Å². The molecule has 3 heterocycles. The maximum absolute atomic E-state index is 12.6. The van der Waals surface area contributed by atoms with E-state index in [2.05, 4.69) is 0 Å². The fraction of sp³-hybridized carbons (Fsp3) is 0.263. The molecule has 0 amide bonds. The van der Waals surface area contributed by atoms with E-state index in [1.165, 1.54) is 11.3 Å². The molecule has 8 heteroatoms. The topological polar surface area (TPSA) is 44.4 Å². The number of hydrogen-bond acceptors (Lipinski definition) is 5. The second-order valence-electron chi connectivity index (χ2n) is 6.25. The van der Waals surface area contributed by atoms with E-state index in [-0.39, 0.29) is 11.7 Å². The number of furan rings is 1. The first-order chi connectivity index (χ1) is 13.0. The van der Waals surface area contributed by atoms with E-state index in [4.69, 9.17) is 44.6 Å². The van der Waals surface area contributed by atoms with Crippen LogP contribution >= 0.6 is 46.8 Å². The number of benzene rings is 1. The van der Waals surface area contributed by atoms with Crippen molar-refractivity contribution in [2.75, 3.05) is 6.61 Å². The monoisotopic (exact) mass is 439 g/mol. The van der Waals surface area contributed by atoms with Crippen molar-refractivity contribution in [2.24, 2.45) is 0 Å². The Bertz CT molecular complexity index is 1070. The summed E-state index contributed by atoms with van der Waals surface area (Å²) in [4.78, 5) is 13.2.